The summed E-state index contributed by atoms with van der Waals surface area (Å²) in [6, 6.07) is 0.631. The first-order valence-corrected chi connectivity index (χ1v) is 9.31. The smallest absolute Gasteiger partial charge is 0.224 e. The average Bonchev–Trinajstić information content (AvgIpc) is 2.45. The third-order valence-corrected chi connectivity index (χ3v) is 6.18. The molecule has 0 aromatic heterocycles. The molecule has 4 aliphatic rings. The van der Waals surface area contributed by atoms with Gasteiger partial charge in [0.1, 0.15) is 0 Å². The van der Waals surface area contributed by atoms with Crippen molar-refractivity contribution in [3.05, 3.63) is 12.2 Å². The number of nitrogens with one attached hydrogen (secondary N) is 1. The van der Waals surface area contributed by atoms with Crippen LogP contribution in [0.5, 0.6) is 0 Å². The van der Waals surface area contributed by atoms with Crippen LogP contribution in [0.4, 0.5) is 0 Å². The Kier molecular flexibility index (Phi) is 4.84. The Labute approximate surface area is 140 Å². The zero-order valence-electron chi connectivity index (χ0n) is 14.8. The first kappa shape index (κ1) is 17.0. The summed E-state index contributed by atoms with van der Waals surface area (Å²) in [5, 5.41) is 15.2. The number of nitrogens with zero attached hydrogens (tertiary/aromatic N) is 1. The van der Waals surface area contributed by atoms with Crippen molar-refractivity contribution in [1.29, 1.82) is 0 Å². The van der Waals surface area contributed by atoms with Gasteiger partial charge in [-0.15, -0.1) is 0 Å². The van der Waals surface area contributed by atoms with Gasteiger partial charge in [-0.25, -0.2) is 0 Å². The standard InChI is InChI=1S/C19H32N2O2/c1-13(2)7-5-4-6-8-17(22)20-18-14-9-16-10-15(18)12-19(3,11-14)21(16)23/h4,6,13-16,18,23H,5,7-12H2,1-3H3,(H,20,22). The van der Waals surface area contributed by atoms with Gasteiger partial charge in [0.2, 0.25) is 5.91 Å². The molecule has 2 aliphatic heterocycles. The predicted molar refractivity (Wildman–Crippen MR) is 91.0 cm³/mol. The van der Waals surface area contributed by atoms with Crippen molar-refractivity contribution in [2.45, 2.75) is 83.3 Å². The molecule has 2 aliphatic carbocycles. The van der Waals surface area contributed by atoms with Gasteiger partial charge in [-0.2, -0.15) is 5.06 Å². The molecule has 4 nitrogen and oxygen atoms in total. The number of carbonyl (C=O) groups is 1. The molecule has 0 radical (unpaired) electrons. The summed E-state index contributed by atoms with van der Waals surface area (Å²) in [6.45, 7) is 6.62. The maximum atomic E-state index is 12.3. The summed E-state index contributed by atoms with van der Waals surface area (Å²) in [4.78, 5) is 12.3. The number of hydrogen-bond donors (Lipinski definition) is 2. The largest absolute Gasteiger partial charge is 0.353 e. The van der Waals surface area contributed by atoms with E-state index in [0.29, 0.717) is 36.3 Å². The molecule has 4 bridgehead atoms. The van der Waals surface area contributed by atoms with Crippen LogP contribution in [-0.2, 0) is 4.79 Å². The van der Waals surface area contributed by atoms with Gasteiger partial charge in [0.15, 0.2) is 0 Å². The molecule has 0 spiro atoms. The highest BCUT2D eigenvalue weighted by atomic mass is 16.5. The fraction of sp³-hybridized carbons (Fsp3) is 0.842. The molecule has 130 valence electrons. The summed E-state index contributed by atoms with van der Waals surface area (Å²) < 4.78 is 0. The molecule has 0 aromatic rings. The van der Waals surface area contributed by atoms with Crippen LogP contribution < -0.4 is 5.32 Å². The van der Waals surface area contributed by atoms with E-state index < -0.39 is 0 Å². The summed E-state index contributed by atoms with van der Waals surface area (Å²) >= 11 is 0. The van der Waals surface area contributed by atoms with Crippen molar-refractivity contribution in [3.8, 4) is 0 Å². The quantitative estimate of drug-likeness (QED) is 0.736. The van der Waals surface area contributed by atoms with Crippen LogP contribution >= 0.6 is 0 Å². The van der Waals surface area contributed by atoms with E-state index in [-0.39, 0.29) is 11.4 Å². The first-order valence-electron chi connectivity index (χ1n) is 9.31. The lowest BCUT2D eigenvalue weighted by Crippen LogP contribution is -2.69. The van der Waals surface area contributed by atoms with E-state index in [1.54, 1.807) is 5.06 Å². The number of piperidine rings is 2. The third-order valence-electron chi connectivity index (χ3n) is 6.18. The molecule has 2 saturated heterocycles. The van der Waals surface area contributed by atoms with Gasteiger partial charge in [-0.05, 0) is 63.2 Å². The minimum absolute atomic E-state index is 0.0610. The van der Waals surface area contributed by atoms with Crippen LogP contribution in [-0.4, -0.2) is 33.8 Å². The lowest BCUT2D eigenvalue weighted by Gasteiger charge is -2.62. The molecule has 2 unspecified atom stereocenters. The van der Waals surface area contributed by atoms with Crippen LogP contribution in [0.1, 0.15) is 65.7 Å². The van der Waals surface area contributed by atoms with Crippen LogP contribution in [0.15, 0.2) is 12.2 Å². The van der Waals surface area contributed by atoms with E-state index in [1.807, 2.05) is 6.08 Å². The van der Waals surface area contributed by atoms with Crippen LogP contribution in [0.25, 0.3) is 0 Å². The van der Waals surface area contributed by atoms with Gasteiger partial charge in [0.25, 0.3) is 0 Å². The summed E-state index contributed by atoms with van der Waals surface area (Å²) in [6.07, 6.45) is 11.0. The predicted octanol–water partition coefficient (Wildman–Crippen LogP) is 3.51. The normalized spacial score (nSPS) is 39.5. The molecule has 2 saturated carbocycles. The molecule has 2 N–H and O–H groups in total. The van der Waals surface area contributed by atoms with Gasteiger partial charge in [-0.3, -0.25) is 4.79 Å². The Morgan fingerprint density at radius 2 is 1.96 bits per heavy atom. The molecule has 4 heteroatoms. The average molecular weight is 320 g/mol. The second-order valence-corrected chi connectivity index (χ2v) is 8.64. The maximum absolute atomic E-state index is 12.3. The highest BCUT2D eigenvalue weighted by Gasteiger charge is 2.57. The van der Waals surface area contributed by atoms with Crippen molar-refractivity contribution in [1.82, 2.24) is 10.4 Å². The Hall–Kier alpha value is -0.870. The van der Waals surface area contributed by atoms with E-state index in [4.69, 9.17) is 0 Å². The minimum atomic E-state index is -0.0610. The Morgan fingerprint density at radius 1 is 1.30 bits per heavy atom. The van der Waals surface area contributed by atoms with Crippen molar-refractivity contribution < 1.29 is 10.0 Å². The lowest BCUT2D eigenvalue weighted by molar-refractivity contribution is -0.274. The van der Waals surface area contributed by atoms with Crippen molar-refractivity contribution in [3.63, 3.8) is 0 Å². The van der Waals surface area contributed by atoms with Crippen LogP contribution in [0.2, 0.25) is 0 Å². The number of allylic oxidation sites excluding steroid dienone is 1. The molecule has 2 atom stereocenters. The van der Waals surface area contributed by atoms with Gasteiger partial charge < -0.3 is 10.5 Å². The van der Waals surface area contributed by atoms with E-state index >= 15 is 0 Å². The fourth-order valence-corrected chi connectivity index (χ4v) is 5.15. The fourth-order valence-electron chi connectivity index (χ4n) is 5.15. The Morgan fingerprint density at radius 3 is 2.52 bits per heavy atom. The van der Waals surface area contributed by atoms with Crippen molar-refractivity contribution in [2.24, 2.45) is 17.8 Å². The summed E-state index contributed by atoms with van der Waals surface area (Å²) in [5.41, 5.74) is -0.0610. The van der Waals surface area contributed by atoms with E-state index in [0.717, 1.165) is 32.1 Å². The number of hydroxylamine groups is 2. The second-order valence-electron chi connectivity index (χ2n) is 8.64. The van der Waals surface area contributed by atoms with Crippen LogP contribution in [0, 0.1) is 17.8 Å². The molecule has 23 heavy (non-hydrogen) atoms. The highest BCUT2D eigenvalue weighted by Crippen LogP contribution is 2.53. The Bertz CT molecular complexity index is 458. The number of hydrogen-bond acceptors (Lipinski definition) is 3. The molecular weight excluding hydrogens is 288 g/mol. The summed E-state index contributed by atoms with van der Waals surface area (Å²) in [5.74, 6) is 1.95. The van der Waals surface area contributed by atoms with Crippen molar-refractivity contribution in [2.75, 3.05) is 0 Å². The zero-order chi connectivity index (χ0) is 16.6. The summed E-state index contributed by atoms with van der Waals surface area (Å²) in [7, 11) is 0. The third kappa shape index (κ3) is 3.48. The highest BCUT2D eigenvalue weighted by molar-refractivity contribution is 5.77. The minimum Gasteiger partial charge on any atom is -0.353 e. The maximum Gasteiger partial charge on any atom is 0.224 e. The second kappa shape index (κ2) is 6.56. The number of amides is 1. The lowest BCUT2D eigenvalue weighted by atomic mass is 9.57. The van der Waals surface area contributed by atoms with Crippen LogP contribution in [0.3, 0.4) is 0 Å². The first-order chi connectivity index (χ1) is 10.9. The molecule has 4 fully saturated rings. The molecule has 0 aromatic carbocycles. The van der Waals surface area contributed by atoms with Gasteiger partial charge in [0, 0.05) is 24.0 Å². The molecule has 4 rings (SSSR count). The zero-order valence-corrected chi connectivity index (χ0v) is 14.8. The monoisotopic (exact) mass is 320 g/mol. The van der Waals surface area contributed by atoms with Gasteiger partial charge >= 0.3 is 0 Å². The van der Waals surface area contributed by atoms with Crippen molar-refractivity contribution >= 4 is 5.91 Å². The van der Waals surface area contributed by atoms with E-state index in [2.05, 4.69) is 32.2 Å². The van der Waals surface area contributed by atoms with Gasteiger partial charge in [-0.1, -0.05) is 26.0 Å². The SMILES string of the molecule is CC(C)CCC=CCC(=O)NC1C2CC3CC1CC(C)(C2)N3O. The van der Waals surface area contributed by atoms with E-state index in [1.165, 1.54) is 6.42 Å². The molecular formula is C19H32N2O2. The van der Waals surface area contributed by atoms with E-state index in [9.17, 15) is 10.0 Å². The number of carbonyl (C=O) groups excluding carboxylic acids is 1. The Balaban J connectivity index is 1.49. The molecule has 2 heterocycles. The topological polar surface area (TPSA) is 52.6 Å². The number of rotatable bonds is 6. The molecule has 1 amide bonds. The van der Waals surface area contributed by atoms with Gasteiger partial charge in [0.05, 0.1) is 0 Å².